The topological polar surface area (TPSA) is 29.1 Å². The fourth-order valence-corrected chi connectivity index (χ4v) is 1.82. The second-order valence-electron chi connectivity index (χ2n) is 3.57. The molecule has 2 rings (SSSR count). The Balaban J connectivity index is 2.55. The van der Waals surface area contributed by atoms with Crippen LogP contribution in [-0.2, 0) is 4.79 Å². The molecule has 0 unspecified atom stereocenters. The SMILES string of the molecule is C[C@H](NC=O)c1cccc2ccccc12. The molecule has 0 heterocycles. The minimum atomic E-state index is 0.0496. The van der Waals surface area contributed by atoms with Crippen LogP contribution in [0.2, 0.25) is 0 Å². The van der Waals surface area contributed by atoms with Crippen molar-refractivity contribution in [1.29, 1.82) is 0 Å². The van der Waals surface area contributed by atoms with Gasteiger partial charge in [-0.25, -0.2) is 0 Å². The molecule has 2 nitrogen and oxygen atoms in total. The zero-order chi connectivity index (χ0) is 10.7. The molecule has 15 heavy (non-hydrogen) atoms. The summed E-state index contributed by atoms with van der Waals surface area (Å²) in [5.74, 6) is 0. The minimum Gasteiger partial charge on any atom is -0.352 e. The van der Waals surface area contributed by atoms with Gasteiger partial charge in [-0.15, -0.1) is 0 Å². The average Bonchev–Trinajstić information content (AvgIpc) is 2.28. The molecule has 0 aliphatic heterocycles. The van der Waals surface area contributed by atoms with Crippen molar-refractivity contribution in [3.05, 3.63) is 48.0 Å². The summed E-state index contributed by atoms with van der Waals surface area (Å²) in [7, 11) is 0. The highest BCUT2D eigenvalue weighted by Gasteiger charge is 2.06. The number of carbonyl (C=O) groups is 1. The van der Waals surface area contributed by atoms with Crippen molar-refractivity contribution in [1.82, 2.24) is 5.32 Å². The smallest absolute Gasteiger partial charge is 0.207 e. The maximum Gasteiger partial charge on any atom is 0.207 e. The molecule has 0 spiro atoms. The van der Waals surface area contributed by atoms with Crippen LogP contribution in [0.1, 0.15) is 18.5 Å². The maximum atomic E-state index is 10.4. The van der Waals surface area contributed by atoms with E-state index in [2.05, 4.69) is 23.5 Å². The highest BCUT2D eigenvalue weighted by Crippen LogP contribution is 2.23. The summed E-state index contributed by atoms with van der Waals surface area (Å²) in [6.07, 6.45) is 0.743. The third kappa shape index (κ3) is 1.84. The summed E-state index contributed by atoms with van der Waals surface area (Å²) in [4.78, 5) is 10.4. The Hall–Kier alpha value is -1.83. The molecule has 0 radical (unpaired) electrons. The highest BCUT2D eigenvalue weighted by atomic mass is 16.1. The molecule has 0 aliphatic rings. The number of hydrogen-bond donors (Lipinski definition) is 1. The van der Waals surface area contributed by atoms with Gasteiger partial charge in [-0.3, -0.25) is 4.79 Å². The summed E-state index contributed by atoms with van der Waals surface area (Å²) in [6.45, 7) is 1.98. The number of hydrogen-bond acceptors (Lipinski definition) is 1. The number of rotatable bonds is 3. The Kier molecular flexibility index (Phi) is 2.68. The van der Waals surface area contributed by atoms with E-state index in [1.807, 2.05) is 31.2 Å². The van der Waals surface area contributed by atoms with Crippen molar-refractivity contribution in [2.75, 3.05) is 0 Å². The summed E-state index contributed by atoms with van der Waals surface area (Å²) in [6, 6.07) is 14.4. The molecule has 76 valence electrons. The summed E-state index contributed by atoms with van der Waals surface area (Å²) in [5, 5.41) is 5.17. The molecule has 0 aliphatic carbocycles. The number of fused-ring (bicyclic) bond motifs is 1. The molecular weight excluding hydrogens is 186 g/mol. The van der Waals surface area contributed by atoms with Crippen molar-refractivity contribution in [3.8, 4) is 0 Å². The molecule has 0 fully saturated rings. The minimum absolute atomic E-state index is 0.0496. The molecule has 0 aromatic heterocycles. The first-order valence-corrected chi connectivity index (χ1v) is 5.00. The largest absolute Gasteiger partial charge is 0.352 e. The van der Waals surface area contributed by atoms with Gasteiger partial charge in [0.15, 0.2) is 0 Å². The fraction of sp³-hybridized carbons (Fsp3) is 0.154. The molecule has 0 saturated carbocycles. The van der Waals surface area contributed by atoms with Crippen LogP contribution in [0, 0.1) is 0 Å². The standard InChI is InChI=1S/C13H13NO/c1-10(14-9-15)12-8-4-6-11-5-2-3-7-13(11)12/h2-10H,1H3,(H,14,15)/t10-/m0/s1. The number of nitrogens with one attached hydrogen (secondary N) is 1. The zero-order valence-electron chi connectivity index (χ0n) is 8.60. The van der Waals surface area contributed by atoms with Crippen molar-refractivity contribution in [3.63, 3.8) is 0 Å². The van der Waals surface area contributed by atoms with Gasteiger partial charge in [0.05, 0.1) is 6.04 Å². The molecule has 0 saturated heterocycles. The van der Waals surface area contributed by atoms with E-state index in [0.717, 1.165) is 12.0 Å². The van der Waals surface area contributed by atoms with Gasteiger partial charge in [0.2, 0.25) is 6.41 Å². The molecule has 1 N–H and O–H groups in total. The fourth-order valence-electron chi connectivity index (χ4n) is 1.82. The van der Waals surface area contributed by atoms with Gasteiger partial charge in [0, 0.05) is 0 Å². The van der Waals surface area contributed by atoms with Gasteiger partial charge in [0.25, 0.3) is 0 Å². The van der Waals surface area contributed by atoms with Crippen LogP contribution < -0.4 is 5.32 Å². The van der Waals surface area contributed by atoms with E-state index in [0.29, 0.717) is 0 Å². The van der Waals surface area contributed by atoms with Crippen LogP contribution >= 0.6 is 0 Å². The molecular formula is C13H13NO. The van der Waals surface area contributed by atoms with Gasteiger partial charge >= 0.3 is 0 Å². The number of carbonyl (C=O) groups excluding carboxylic acids is 1. The van der Waals surface area contributed by atoms with E-state index in [9.17, 15) is 4.79 Å². The molecule has 2 aromatic carbocycles. The maximum absolute atomic E-state index is 10.4. The number of amides is 1. The van der Waals surface area contributed by atoms with Crippen LogP contribution in [0.4, 0.5) is 0 Å². The Bertz CT molecular complexity index is 473. The summed E-state index contributed by atoms with van der Waals surface area (Å²) >= 11 is 0. The van der Waals surface area contributed by atoms with Gasteiger partial charge in [-0.2, -0.15) is 0 Å². The van der Waals surface area contributed by atoms with E-state index in [4.69, 9.17) is 0 Å². The second-order valence-corrected chi connectivity index (χ2v) is 3.57. The Labute approximate surface area is 88.9 Å². The van der Waals surface area contributed by atoms with Crippen LogP contribution in [0.15, 0.2) is 42.5 Å². The lowest BCUT2D eigenvalue weighted by molar-refractivity contribution is -0.110. The van der Waals surface area contributed by atoms with Gasteiger partial charge in [-0.1, -0.05) is 42.5 Å². The lowest BCUT2D eigenvalue weighted by atomic mass is 10.00. The van der Waals surface area contributed by atoms with E-state index in [-0.39, 0.29) is 6.04 Å². The third-order valence-corrected chi connectivity index (χ3v) is 2.61. The van der Waals surface area contributed by atoms with E-state index < -0.39 is 0 Å². The second kappa shape index (κ2) is 4.13. The molecule has 2 heteroatoms. The zero-order valence-corrected chi connectivity index (χ0v) is 8.60. The Morgan fingerprint density at radius 2 is 1.87 bits per heavy atom. The molecule has 2 aromatic rings. The van der Waals surface area contributed by atoms with Crippen LogP contribution in [0.3, 0.4) is 0 Å². The van der Waals surface area contributed by atoms with Crippen LogP contribution in [0.5, 0.6) is 0 Å². The van der Waals surface area contributed by atoms with E-state index >= 15 is 0 Å². The van der Waals surface area contributed by atoms with Crippen LogP contribution in [-0.4, -0.2) is 6.41 Å². The Morgan fingerprint density at radius 1 is 1.13 bits per heavy atom. The lowest BCUT2D eigenvalue weighted by Crippen LogP contribution is -2.16. The summed E-state index contributed by atoms with van der Waals surface area (Å²) < 4.78 is 0. The van der Waals surface area contributed by atoms with Crippen molar-refractivity contribution >= 4 is 17.2 Å². The lowest BCUT2D eigenvalue weighted by Gasteiger charge is -2.13. The van der Waals surface area contributed by atoms with Crippen molar-refractivity contribution < 1.29 is 4.79 Å². The first kappa shape index (κ1) is 9.71. The first-order valence-electron chi connectivity index (χ1n) is 5.00. The van der Waals surface area contributed by atoms with Crippen molar-refractivity contribution in [2.45, 2.75) is 13.0 Å². The van der Waals surface area contributed by atoms with Crippen molar-refractivity contribution in [2.24, 2.45) is 0 Å². The predicted octanol–water partition coefficient (Wildman–Crippen LogP) is 2.65. The monoisotopic (exact) mass is 199 g/mol. The first-order chi connectivity index (χ1) is 7.33. The van der Waals surface area contributed by atoms with Gasteiger partial charge < -0.3 is 5.32 Å². The average molecular weight is 199 g/mol. The Morgan fingerprint density at radius 3 is 2.67 bits per heavy atom. The van der Waals surface area contributed by atoms with E-state index in [1.165, 1.54) is 10.8 Å². The number of benzene rings is 2. The predicted molar refractivity (Wildman–Crippen MR) is 61.6 cm³/mol. The third-order valence-electron chi connectivity index (χ3n) is 2.61. The molecule has 0 bridgehead atoms. The van der Waals surface area contributed by atoms with Crippen LogP contribution in [0.25, 0.3) is 10.8 Å². The van der Waals surface area contributed by atoms with Gasteiger partial charge in [-0.05, 0) is 23.3 Å². The molecule has 1 amide bonds. The van der Waals surface area contributed by atoms with E-state index in [1.54, 1.807) is 0 Å². The normalized spacial score (nSPS) is 12.3. The summed E-state index contributed by atoms with van der Waals surface area (Å²) in [5.41, 5.74) is 1.15. The highest BCUT2D eigenvalue weighted by molar-refractivity contribution is 5.86. The molecule has 1 atom stereocenters. The van der Waals surface area contributed by atoms with Gasteiger partial charge in [0.1, 0.15) is 0 Å². The quantitative estimate of drug-likeness (QED) is 0.756.